The minimum Gasteiger partial charge on any atom is -0.490 e. The molecular weight excluding hydrogens is 319 g/mol. The lowest BCUT2D eigenvalue weighted by Gasteiger charge is -2.12. The number of rotatable bonds is 4. The lowest BCUT2D eigenvalue weighted by atomic mass is 10.2. The molecule has 0 fully saturated rings. The maximum atomic E-state index is 9.09. The first kappa shape index (κ1) is 13.1. The van der Waals surface area contributed by atoms with E-state index in [0.717, 1.165) is 3.57 Å². The number of hydrogen-bond acceptors (Lipinski definition) is 4. The fourth-order valence-electron chi connectivity index (χ4n) is 1.16. The van der Waals surface area contributed by atoms with E-state index in [2.05, 4.69) is 22.6 Å². The Morgan fingerprint density at radius 3 is 2.81 bits per heavy atom. The Hall–Kier alpha value is -1.00. The van der Waals surface area contributed by atoms with Gasteiger partial charge in [-0.15, -0.1) is 0 Å². The standard InChI is InChI=1S/C11H13IN2O2/c1-7(15)2-3-16-11-9(12)4-8(6-13)5-10(11)14/h4-5,7,15H,2-3,14H2,1H3. The van der Waals surface area contributed by atoms with Crippen LogP contribution in [0.5, 0.6) is 5.75 Å². The van der Waals surface area contributed by atoms with Gasteiger partial charge in [-0.2, -0.15) is 5.26 Å². The molecule has 1 unspecified atom stereocenters. The van der Waals surface area contributed by atoms with Gasteiger partial charge in [-0.1, -0.05) is 0 Å². The van der Waals surface area contributed by atoms with E-state index in [4.69, 9.17) is 20.8 Å². The summed E-state index contributed by atoms with van der Waals surface area (Å²) in [6.45, 7) is 2.11. The predicted molar refractivity (Wildman–Crippen MR) is 70.1 cm³/mol. The van der Waals surface area contributed by atoms with Crippen LogP contribution in [-0.4, -0.2) is 17.8 Å². The molecule has 0 radical (unpaired) electrons. The first-order valence-corrected chi connectivity index (χ1v) is 5.92. The van der Waals surface area contributed by atoms with E-state index in [1.54, 1.807) is 19.1 Å². The van der Waals surface area contributed by atoms with Crippen molar-refractivity contribution in [3.8, 4) is 11.8 Å². The van der Waals surface area contributed by atoms with Crippen molar-refractivity contribution < 1.29 is 9.84 Å². The van der Waals surface area contributed by atoms with Crippen molar-refractivity contribution in [3.63, 3.8) is 0 Å². The van der Waals surface area contributed by atoms with E-state index in [1.165, 1.54) is 0 Å². The first-order chi connectivity index (χ1) is 7.54. The van der Waals surface area contributed by atoms with Crippen molar-refractivity contribution in [1.82, 2.24) is 0 Å². The summed E-state index contributed by atoms with van der Waals surface area (Å²) in [5, 5.41) is 17.8. The fraction of sp³-hybridized carbons (Fsp3) is 0.364. The summed E-state index contributed by atoms with van der Waals surface area (Å²) in [6.07, 6.45) is 0.160. The SMILES string of the molecule is CC(O)CCOc1c(N)cc(C#N)cc1I. The van der Waals surface area contributed by atoms with Gasteiger partial charge in [0.15, 0.2) is 5.75 Å². The fourth-order valence-corrected chi connectivity index (χ4v) is 1.97. The van der Waals surface area contributed by atoms with E-state index >= 15 is 0 Å². The van der Waals surface area contributed by atoms with Crippen molar-refractivity contribution in [3.05, 3.63) is 21.3 Å². The summed E-state index contributed by atoms with van der Waals surface area (Å²) in [5.74, 6) is 0.584. The highest BCUT2D eigenvalue weighted by Gasteiger charge is 2.08. The zero-order valence-electron chi connectivity index (χ0n) is 8.90. The van der Waals surface area contributed by atoms with Gasteiger partial charge >= 0.3 is 0 Å². The van der Waals surface area contributed by atoms with E-state index < -0.39 is 6.10 Å². The van der Waals surface area contributed by atoms with Gasteiger partial charge in [0.25, 0.3) is 0 Å². The van der Waals surface area contributed by atoms with Gasteiger partial charge in [0.05, 0.1) is 33.6 Å². The number of halogens is 1. The zero-order chi connectivity index (χ0) is 12.1. The number of benzene rings is 1. The molecule has 0 amide bonds. The van der Waals surface area contributed by atoms with Crippen LogP contribution in [0.15, 0.2) is 12.1 Å². The van der Waals surface area contributed by atoms with Gasteiger partial charge in [0.2, 0.25) is 0 Å². The number of nitrogens with zero attached hydrogens (tertiary/aromatic N) is 1. The van der Waals surface area contributed by atoms with E-state index in [-0.39, 0.29) is 0 Å². The molecule has 1 atom stereocenters. The second-order valence-corrected chi connectivity index (χ2v) is 4.64. The van der Waals surface area contributed by atoms with Crippen LogP contribution in [0, 0.1) is 14.9 Å². The Kier molecular flexibility index (Phi) is 4.83. The summed E-state index contributed by atoms with van der Waals surface area (Å²) in [6, 6.07) is 5.33. The number of anilines is 1. The molecule has 0 heterocycles. The molecule has 0 bridgehead atoms. The number of nitrogens with two attached hydrogens (primary N) is 1. The molecule has 0 aliphatic rings. The molecule has 0 saturated carbocycles. The van der Waals surface area contributed by atoms with Crippen LogP contribution >= 0.6 is 22.6 Å². The normalized spacial score (nSPS) is 11.9. The topological polar surface area (TPSA) is 79.3 Å². The molecule has 0 spiro atoms. The summed E-state index contributed by atoms with van der Waals surface area (Å²) in [4.78, 5) is 0. The molecule has 0 aliphatic carbocycles. The summed E-state index contributed by atoms with van der Waals surface area (Å²) < 4.78 is 6.28. The Balaban J connectivity index is 2.77. The second-order valence-electron chi connectivity index (χ2n) is 3.47. The minimum atomic E-state index is -0.391. The monoisotopic (exact) mass is 332 g/mol. The first-order valence-electron chi connectivity index (χ1n) is 4.84. The smallest absolute Gasteiger partial charge is 0.155 e. The van der Waals surface area contributed by atoms with Gasteiger partial charge in [0, 0.05) is 6.42 Å². The summed E-state index contributed by atoms with van der Waals surface area (Å²) in [5.41, 5.74) is 6.74. The molecule has 1 aromatic carbocycles. The van der Waals surface area contributed by atoms with Crippen molar-refractivity contribution in [2.24, 2.45) is 0 Å². The highest BCUT2D eigenvalue weighted by Crippen LogP contribution is 2.29. The van der Waals surface area contributed by atoms with Gasteiger partial charge in [-0.25, -0.2) is 0 Å². The second kappa shape index (κ2) is 5.92. The molecule has 3 N–H and O–H groups in total. The maximum absolute atomic E-state index is 9.09. The Bertz CT molecular complexity index is 390. The average molecular weight is 332 g/mol. The molecule has 0 aromatic heterocycles. The summed E-state index contributed by atoms with van der Waals surface area (Å²) in [7, 11) is 0. The van der Waals surface area contributed by atoms with Crippen molar-refractivity contribution >= 4 is 28.3 Å². The Morgan fingerprint density at radius 2 is 2.31 bits per heavy atom. The minimum absolute atomic E-state index is 0.391. The zero-order valence-corrected chi connectivity index (χ0v) is 11.1. The van der Waals surface area contributed by atoms with Crippen LogP contribution in [0.1, 0.15) is 18.9 Å². The van der Waals surface area contributed by atoms with Gasteiger partial charge < -0.3 is 15.6 Å². The van der Waals surface area contributed by atoms with Crippen LogP contribution < -0.4 is 10.5 Å². The van der Waals surface area contributed by atoms with Crippen LogP contribution in [0.2, 0.25) is 0 Å². The molecule has 1 rings (SSSR count). The lowest BCUT2D eigenvalue weighted by molar-refractivity contribution is 0.155. The van der Waals surface area contributed by atoms with E-state index in [1.807, 2.05) is 6.07 Å². The third kappa shape index (κ3) is 3.54. The van der Waals surface area contributed by atoms with E-state index in [9.17, 15) is 0 Å². The molecule has 5 heteroatoms. The Morgan fingerprint density at radius 1 is 1.62 bits per heavy atom. The number of aliphatic hydroxyl groups excluding tert-OH is 1. The molecule has 0 saturated heterocycles. The van der Waals surface area contributed by atoms with Gasteiger partial charge in [-0.3, -0.25) is 0 Å². The molecular formula is C11H13IN2O2. The third-order valence-electron chi connectivity index (χ3n) is 1.98. The van der Waals surface area contributed by atoms with Gasteiger partial charge in [-0.05, 0) is 41.6 Å². The quantitative estimate of drug-likeness (QED) is 0.652. The predicted octanol–water partition coefficient (Wildman–Crippen LogP) is 1.89. The molecule has 16 heavy (non-hydrogen) atoms. The largest absolute Gasteiger partial charge is 0.490 e. The van der Waals surface area contributed by atoms with Gasteiger partial charge in [0.1, 0.15) is 0 Å². The number of aliphatic hydroxyl groups is 1. The van der Waals surface area contributed by atoms with E-state index in [0.29, 0.717) is 30.0 Å². The van der Waals surface area contributed by atoms with Crippen molar-refractivity contribution in [2.75, 3.05) is 12.3 Å². The van der Waals surface area contributed by atoms with Crippen LogP contribution in [-0.2, 0) is 0 Å². The summed E-state index contributed by atoms with van der Waals surface area (Å²) >= 11 is 2.07. The maximum Gasteiger partial charge on any atom is 0.155 e. The van der Waals surface area contributed by atoms with Crippen molar-refractivity contribution in [1.29, 1.82) is 5.26 Å². The highest BCUT2D eigenvalue weighted by atomic mass is 127. The molecule has 1 aromatic rings. The van der Waals surface area contributed by atoms with Crippen molar-refractivity contribution in [2.45, 2.75) is 19.4 Å². The van der Waals surface area contributed by atoms with Crippen LogP contribution in [0.4, 0.5) is 5.69 Å². The molecule has 4 nitrogen and oxygen atoms in total. The number of nitriles is 1. The number of ether oxygens (including phenoxy) is 1. The van der Waals surface area contributed by atoms with Crippen LogP contribution in [0.3, 0.4) is 0 Å². The number of hydrogen-bond donors (Lipinski definition) is 2. The highest BCUT2D eigenvalue weighted by molar-refractivity contribution is 14.1. The van der Waals surface area contributed by atoms with Crippen LogP contribution in [0.25, 0.3) is 0 Å². The average Bonchev–Trinajstić information content (AvgIpc) is 2.21. The number of nitrogen functional groups attached to an aromatic ring is 1. The molecule has 86 valence electrons. The molecule has 0 aliphatic heterocycles. The lowest BCUT2D eigenvalue weighted by Crippen LogP contribution is -2.09. The Labute approximate surface area is 108 Å². The third-order valence-corrected chi connectivity index (χ3v) is 2.78.